The summed E-state index contributed by atoms with van der Waals surface area (Å²) in [4.78, 5) is 12.2. The Labute approximate surface area is 170 Å². The van der Waals surface area contributed by atoms with Crippen molar-refractivity contribution in [3.8, 4) is 11.8 Å². The van der Waals surface area contributed by atoms with Gasteiger partial charge in [0.2, 0.25) is 10.0 Å². The summed E-state index contributed by atoms with van der Waals surface area (Å²) in [6.07, 6.45) is 2.45. The van der Waals surface area contributed by atoms with Gasteiger partial charge >= 0.3 is 0 Å². The van der Waals surface area contributed by atoms with Gasteiger partial charge in [0.25, 0.3) is 5.91 Å². The van der Waals surface area contributed by atoms with Gasteiger partial charge in [-0.2, -0.15) is 5.26 Å². The van der Waals surface area contributed by atoms with Gasteiger partial charge in [-0.05, 0) is 61.2 Å². The summed E-state index contributed by atoms with van der Waals surface area (Å²) in [5.41, 5.74) is 1.24. The van der Waals surface area contributed by atoms with Gasteiger partial charge < -0.3 is 10.1 Å². The smallest absolute Gasteiger partial charge is 0.262 e. The van der Waals surface area contributed by atoms with Crippen LogP contribution in [0.1, 0.15) is 31.7 Å². The van der Waals surface area contributed by atoms with E-state index in [4.69, 9.17) is 4.74 Å². The predicted molar refractivity (Wildman–Crippen MR) is 109 cm³/mol. The number of anilines is 1. The minimum Gasteiger partial charge on any atom is -0.484 e. The van der Waals surface area contributed by atoms with Crippen LogP contribution in [-0.4, -0.2) is 27.5 Å². The van der Waals surface area contributed by atoms with E-state index in [1.54, 1.807) is 12.1 Å². The predicted octanol–water partition coefficient (Wildman–Crippen LogP) is 2.95. The van der Waals surface area contributed by atoms with E-state index in [9.17, 15) is 18.5 Å². The molecule has 0 heterocycles. The molecule has 0 aliphatic heterocycles. The molecule has 0 radical (unpaired) electrons. The molecule has 29 heavy (non-hydrogen) atoms. The van der Waals surface area contributed by atoms with Gasteiger partial charge in [0, 0.05) is 12.2 Å². The van der Waals surface area contributed by atoms with Gasteiger partial charge in [0.1, 0.15) is 5.75 Å². The van der Waals surface area contributed by atoms with Crippen LogP contribution < -0.4 is 14.8 Å². The van der Waals surface area contributed by atoms with Crippen molar-refractivity contribution in [3.05, 3.63) is 54.1 Å². The third-order valence-corrected chi connectivity index (χ3v) is 6.21. The molecule has 0 bridgehead atoms. The van der Waals surface area contributed by atoms with Gasteiger partial charge in [-0.25, -0.2) is 13.1 Å². The zero-order valence-corrected chi connectivity index (χ0v) is 17.0. The molecule has 0 atom stereocenters. The Morgan fingerprint density at radius 3 is 2.34 bits per heavy atom. The van der Waals surface area contributed by atoms with Crippen LogP contribution in [0.5, 0.6) is 5.75 Å². The highest BCUT2D eigenvalue weighted by Gasteiger charge is 2.44. The molecular formula is C21H23N3O4S. The molecule has 2 N–H and O–H groups in total. The molecule has 7 nitrogen and oxygen atoms in total. The Morgan fingerprint density at radius 1 is 1.14 bits per heavy atom. The lowest BCUT2D eigenvalue weighted by Gasteiger charge is -2.10. The van der Waals surface area contributed by atoms with E-state index in [-0.39, 0.29) is 22.8 Å². The lowest BCUT2D eigenvalue weighted by Crippen LogP contribution is -2.24. The zero-order valence-electron chi connectivity index (χ0n) is 16.1. The first-order chi connectivity index (χ1) is 13.9. The molecule has 8 heteroatoms. The molecule has 0 spiro atoms. The summed E-state index contributed by atoms with van der Waals surface area (Å²) in [5.74, 6) is 0.0649. The number of rotatable bonds is 9. The average Bonchev–Trinajstić information content (AvgIpc) is 3.53. The Morgan fingerprint density at radius 2 is 1.79 bits per heavy atom. The molecule has 1 fully saturated rings. The largest absolute Gasteiger partial charge is 0.484 e. The maximum absolute atomic E-state index is 12.1. The monoisotopic (exact) mass is 413 g/mol. The first-order valence-corrected chi connectivity index (χ1v) is 10.9. The number of sulfonamides is 1. The van der Waals surface area contributed by atoms with Crippen molar-refractivity contribution < 1.29 is 17.9 Å². The standard InChI is InChI=1S/C21H23N3O4S/c1-2-13-23-29(26,27)19-9-7-18(8-10-19)28-14-20(25)24-17-5-3-16(4-6-17)21(15-22)11-12-21/h3-10,23H,2,11-14H2,1H3,(H,24,25). The summed E-state index contributed by atoms with van der Waals surface area (Å²) >= 11 is 0. The van der Waals surface area contributed by atoms with Gasteiger partial charge in [-0.3, -0.25) is 4.79 Å². The molecule has 0 aromatic heterocycles. The summed E-state index contributed by atoms with van der Waals surface area (Å²) in [5, 5.41) is 12.0. The summed E-state index contributed by atoms with van der Waals surface area (Å²) in [6.45, 7) is 2.05. The van der Waals surface area contributed by atoms with E-state index in [1.165, 1.54) is 24.3 Å². The SMILES string of the molecule is CCCNS(=O)(=O)c1ccc(OCC(=O)Nc2ccc(C3(C#N)CC3)cc2)cc1. The van der Waals surface area contributed by atoms with Crippen LogP contribution in [0.3, 0.4) is 0 Å². The number of ether oxygens (including phenoxy) is 1. The number of nitrogens with one attached hydrogen (secondary N) is 2. The highest BCUT2D eigenvalue weighted by Crippen LogP contribution is 2.47. The highest BCUT2D eigenvalue weighted by atomic mass is 32.2. The fraction of sp³-hybridized carbons (Fsp3) is 0.333. The third-order valence-electron chi connectivity index (χ3n) is 4.73. The molecule has 1 saturated carbocycles. The van der Waals surface area contributed by atoms with Gasteiger partial charge in [-0.1, -0.05) is 19.1 Å². The quantitative estimate of drug-likeness (QED) is 0.657. The fourth-order valence-electron chi connectivity index (χ4n) is 2.84. The van der Waals surface area contributed by atoms with Crippen molar-refractivity contribution in [2.45, 2.75) is 36.5 Å². The van der Waals surface area contributed by atoms with Gasteiger partial charge in [0.05, 0.1) is 16.4 Å². The number of nitriles is 1. The second kappa shape index (κ2) is 8.64. The van der Waals surface area contributed by atoms with Crippen molar-refractivity contribution in [1.29, 1.82) is 5.26 Å². The highest BCUT2D eigenvalue weighted by molar-refractivity contribution is 7.89. The normalized spacial score (nSPS) is 14.6. The minimum atomic E-state index is -3.53. The molecule has 152 valence electrons. The van der Waals surface area contributed by atoms with Crippen LogP contribution in [0.25, 0.3) is 0 Å². The van der Waals surface area contributed by atoms with Gasteiger partial charge in [-0.15, -0.1) is 0 Å². The first-order valence-electron chi connectivity index (χ1n) is 9.43. The van der Waals surface area contributed by atoms with E-state index in [0.29, 0.717) is 24.4 Å². The van der Waals surface area contributed by atoms with Crippen molar-refractivity contribution >= 4 is 21.6 Å². The molecule has 1 aliphatic carbocycles. The number of hydrogen-bond acceptors (Lipinski definition) is 5. The van der Waals surface area contributed by atoms with E-state index in [1.807, 2.05) is 19.1 Å². The van der Waals surface area contributed by atoms with E-state index in [2.05, 4.69) is 16.1 Å². The third kappa shape index (κ3) is 5.13. The summed E-state index contributed by atoms with van der Waals surface area (Å²) < 4.78 is 32.0. The number of carbonyl (C=O) groups is 1. The molecule has 2 aromatic carbocycles. The Bertz CT molecular complexity index is 1010. The van der Waals surface area contributed by atoms with Crippen molar-refractivity contribution in [3.63, 3.8) is 0 Å². The average molecular weight is 413 g/mol. The number of nitrogens with zero attached hydrogens (tertiary/aromatic N) is 1. The Hall–Kier alpha value is -2.89. The maximum atomic E-state index is 12.1. The molecule has 1 aliphatic rings. The number of benzene rings is 2. The second-order valence-corrected chi connectivity index (χ2v) is 8.74. The zero-order chi connectivity index (χ0) is 20.9. The lowest BCUT2D eigenvalue weighted by atomic mass is 9.98. The van der Waals surface area contributed by atoms with Crippen LogP contribution in [0.4, 0.5) is 5.69 Å². The number of amides is 1. The summed E-state index contributed by atoms with van der Waals surface area (Å²) in [6, 6.07) is 15.5. The van der Waals surface area contributed by atoms with Crippen molar-refractivity contribution in [2.75, 3.05) is 18.5 Å². The van der Waals surface area contributed by atoms with Crippen LogP contribution in [0.2, 0.25) is 0 Å². The molecule has 2 aromatic rings. The molecule has 1 amide bonds. The number of hydrogen-bond donors (Lipinski definition) is 2. The van der Waals surface area contributed by atoms with E-state index in [0.717, 1.165) is 18.4 Å². The second-order valence-electron chi connectivity index (χ2n) is 6.98. The van der Waals surface area contributed by atoms with E-state index < -0.39 is 10.0 Å². The van der Waals surface area contributed by atoms with Gasteiger partial charge in [0.15, 0.2) is 6.61 Å². The van der Waals surface area contributed by atoms with Crippen LogP contribution in [0.15, 0.2) is 53.4 Å². The summed E-state index contributed by atoms with van der Waals surface area (Å²) in [7, 11) is -3.53. The van der Waals surface area contributed by atoms with Crippen LogP contribution in [-0.2, 0) is 20.2 Å². The fourth-order valence-corrected chi connectivity index (χ4v) is 3.98. The molecular weight excluding hydrogens is 390 g/mol. The Balaban J connectivity index is 1.51. The number of carbonyl (C=O) groups excluding carboxylic acids is 1. The maximum Gasteiger partial charge on any atom is 0.262 e. The molecule has 3 rings (SSSR count). The van der Waals surface area contributed by atoms with Crippen molar-refractivity contribution in [1.82, 2.24) is 4.72 Å². The molecule has 0 saturated heterocycles. The Kier molecular flexibility index (Phi) is 6.20. The lowest BCUT2D eigenvalue weighted by molar-refractivity contribution is -0.118. The topological polar surface area (TPSA) is 108 Å². The van der Waals surface area contributed by atoms with Crippen LogP contribution >= 0.6 is 0 Å². The first kappa shape index (κ1) is 20.8. The van der Waals surface area contributed by atoms with Crippen LogP contribution in [0, 0.1) is 11.3 Å². The molecule has 0 unspecified atom stereocenters. The van der Waals surface area contributed by atoms with E-state index >= 15 is 0 Å². The van der Waals surface area contributed by atoms with Crippen molar-refractivity contribution in [2.24, 2.45) is 0 Å². The minimum absolute atomic E-state index is 0.147.